The summed E-state index contributed by atoms with van der Waals surface area (Å²) in [5.74, 6) is -1.23. The van der Waals surface area contributed by atoms with Crippen molar-refractivity contribution in [1.82, 2.24) is 14.9 Å². The van der Waals surface area contributed by atoms with E-state index in [2.05, 4.69) is 14.9 Å². The van der Waals surface area contributed by atoms with E-state index in [4.69, 9.17) is 5.11 Å². The molecule has 0 aromatic carbocycles. The Balaban J connectivity index is 2.62. The number of aliphatic carboxylic acids is 1. The van der Waals surface area contributed by atoms with Gasteiger partial charge in [0.25, 0.3) is 5.91 Å². The first-order valence-electron chi connectivity index (χ1n) is 4.86. The van der Waals surface area contributed by atoms with E-state index in [0.717, 1.165) is 11.5 Å². The summed E-state index contributed by atoms with van der Waals surface area (Å²) >= 11 is 1.01. The fourth-order valence-corrected chi connectivity index (χ4v) is 1.76. The van der Waals surface area contributed by atoms with Gasteiger partial charge in [-0.25, -0.2) is 0 Å². The van der Waals surface area contributed by atoms with Crippen LogP contribution in [0.5, 0.6) is 0 Å². The molecule has 16 heavy (non-hydrogen) atoms. The van der Waals surface area contributed by atoms with Crippen LogP contribution in [-0.4, -0.2) is 32.6 Å². The van der Waals surface area contributed by atoms with Crippen LogP contribution >= 0.6 is 11.5 Å². The molecule has 0 aliphatic carbocycles. The topological polar surface area (TPSA) is 92.2 Å². The van der Waals surface area contributed by atoms with Gasteiger partial charge in [-0.2, -0.15) is 0 Å². The molecule has 6 nitrogen and oxygen atoms in total. The number of carbonyl (C=O) groups excluding carboxylic acids is 1. The maximum absolute atomic E-state index is 11.7. The van der Waals surface area contributed by atoms with Gasteiger partial charge in [0.15, 0.2) is 0 Å². The number of nitrogens with zero attached hydrogens (tertiary/aromatic N) is 2. The quantitative estimate of drug-likeness (QED) is 0.799. The molecule has 1 aromatic rings. The number of aryl methyl sites for hydroxylation is 1. The molecule has 2 N–H and O–H groups in total. The van der Waals surface area contributed by atoms with Gasteiger partial charge in [0.2, 0.25) is 0 Å². The molecule has 0 saturated heterocycles. The third kappa shape index (κ3) is 3.27. The molecule has 1 atom stereocenters. The molecule has 0 spiro atoms. The summed E-state index contributed by atoms with van der Waals surface area (Å²) in [5.41, 5.74) is 0.563. The number of carboxylic acid groups (broad SMARTS) is 1. The number of hydrogen-bond donors (Lipinski definition) is 2. The van der Waals surface area contributed by atoms with E-state index < -0.39 is 5.97 Å². The Labute approximate surface area is 96.8 Å². The summed E-state index contributed by atoms with van der Waals surface area (Å²) in [5, 5.41) is 15.0. The Morgan fingerprint density at radius 1 is 1.56 bits per heavy atom. The zero-order valence-electron chi connectivity index (χ0n) is 9.06. The molecule has 1 heterocycles. The molecule has 7 heteroatoms. The lowest BCUT2D eigenvalue weighted by molar-refractivity contribution is -0.137. The van der Waals surface area contributed by atoms with Gasteiger partial charge in [-0.1, -0.05) is 11.4 Å². The van der Waals surface area contributed by atoms with Crippen molar-refractivity contribution < 1.29 is 14.7 Å². The molecule has 88 valence electrons. The number of aromatic nitrogens is 2. The van der Waals surface area contributed by atoms with Gasteiger partial charge >= 0.3 is 5.97 Å². The van der Waals surface area contributed by atoms with Crippen LogP contribution in [0.25, 0.3) is 0 Å². The van der Waals surface area contributed by atoms with E-state index in [-0.39, 0.29) is 18.4 Å². The molecule has 1 rings (SSSR count). The molecule has 0 bridgehead atoms. The van der Waals surface area contributed by atoms with Crippen molar-refractivity contribution in [1.29, 1.82) is 0 Å². The SMILES string of the molecule is CCC(CC(=O)O)NC(=O)c1snnc1C. The second kappa shape index (κ2) is 5.55. The van der Waals surface area contributed by atoms with Crippen molar-refractivity contribution in [2.45, 2.75) is 32.7 Å². The van der Waals surface area contributed by atoms with E-state index in [9.17, 15) is 9.59 Å². The molecule has 0 aliphatic rings. The highest BCUT2D eigenvalue weighted by Crippen LogP contribution is 2.10. The summed E-state index contributed by atoms with van der Waals surface area (Å²) < 4.78 is 3.65. The standard InChI is InChI=1S/C9H13N3O3S/c1-3-6(4-7(13)14)10-9(15)8-5(2)11-12-16-8/h6H,3-4H2,1-2H3,(H,10,15)(H,13,14). The third-order valence-electron chi connectivity index (χ3n) is 2.11. The number of amides is 1. The number of hydrogen-bond acceptors (Lipinski definition) is 5. The normalized spacial score (nSPS) is 12.1. The molecule has 1 aromatic heterocycles. The second-order valence-corrected chi connectivity index (χ2v) is 4.12. The minimum absolute atomic E-state index is 0.0759. The van der Waals surface area contributed by atoms with E-state index >= 15 is 0 Å². The third-order valence-corrected chi connectivity index (χ3v) is 2.93. The maximum Gasteiger partial charge on any atom is 0.305 e. The fourth-order valence-electron chi connectivity index (χ4n) is 1.20. The lowest BCUT2D eigenvalue weighted by Crippen LogP contribution is -2.35. The summed E-state index contributed by atoms with van der Waals surface area (Å²) in [6.45, 7) is 3.52. The van der Waals surface area contributed by atoms with Crippen LogP contribution < -0.4 is 5.32 Å². The highest BCUT2D eigenvalue weighted by molar-refractivity contribution is 7.08. The number of nitrogens with one attached hydrogen (secondary N) is 1. The van der Waals surface area contributed by atoms with Gasteiger partial charge in [0.1, 0.15) is 4.88 Å². The van der Waals surface area contributed by atoms with Crippen LogP contribution in [0.15, 0.2) is 0 Å². The molecular formula is C9H13N3O3S. The Morgan fingerprint density at radius 3 is 2.69 bits per heavy atom. The van der Waals surface area contributed by atoms with Crippen LogP contribution in [0.2, 0.25) is 0 Å². The predicted molar refractivity (Wildman–Crippen MR) is 58.4 cm³/mol. The lowest BCUT2D eigenvalue weighted by atomic mass is 10.1. The van der Waals surface area contributed by atoms with Crippen LogP contribution in [0.4, 0.5) is 0 Å². The van der Waals surface area contributed by atoms with Crippen LogP contribution in [0, 0.1) is 6.92 Å². The van der Waals surface area contributed by atoms with Crippen LogP contribution in [-0.2, 0) is 4.79 Å². The number of carbonyl (C=O) groups is 2. The van der Waals surface area contributed by atoms with E-state index in [0.29, 0.717) is 17.0 Å². The summed E-state index contributed by atoms with van der Waals surface area (Å²) in [7, 11) is 0. The van der Waals surface area contributed by atoms with Gasteiger partial charge in [-0.15, -0.1) is 5.10 Å². The molecule has 0 saturated carbocycles. The molecule has 0 radical (unpaired) electrons. The average molecular weight is 243 g/mol. The second-order valence-electron chi connectivity index (χ2n) is 3.36. The Morgan fingerprint density at radius 2 is 2.25 bits per heavy atom. The van der Waals surface area contributed by atoms with Gasteiger partial charge < -0.3 is 10.4 Å². The van der Waals surface area contributed by atoms with E-state index in [1.54, 1.807) is 6.92 Å². The van der Waals surface area contributed by atoms with Crippen molar-refractivity contribution in [3.8, 4) is 0 Å². The number of carboxylic acids is 1. The van der Waals surface area contributed by atoms with Gasteiger partial charge in [-0.05, 0) is 24.9 Å². The molecule has 0 fully saturated rings. The van der Waals surface area contributed by atoms with Crippen molar-refractivity contribution in [2.75, 3.05) is 0 Å². The summed E-state index contributed by atoms with van der Waals surface area (Å²) in [6.07, 6.45) is 0.497. The minimum atomic E-state index is -0.925. The van der Waals surface area contributed by atoms with Crippen molar-refractivity contribution in [2.24, 2.45) is 0 Å². The summed E-state index contributed by atoms with van der Waals surface area (Å²) in [6, 6.07) is -0.355. The highest BCUT2D eigenvalue weighted by atomic mass is 32.1. The van der Waals surface area contributed by atoms with Gasteiger partial charge in [0.05, 0.1) is 12.1 Å². The van der Waals surface area contributed by atoms with Crippen molar-refractivity contribution in [3.63, 3.8) is 0 Å². The van der Waals surface area contributed by atoms with Gasteiger partial charge in [-0.3, -0.25) is 9.59 Å². The molecule has 0 aliphatic heterocycles. The monoisotopic (exact) mass is 243 g/mol. The number of rotatable bonds is 5. The molecular weight excluding hydrogens is 230 g/mol. The maximum atomic E-state index is 11.7. The Bertz CT molecular complexity index is 391. The molecule has 1 unspecified atom stereocenters. The Hall–Kier alpha value is -1.50. The fraction of sp³-hybridized carbons (Fsp3) is 0.556. The first-order chi connectivity index (χ1) is 7.54. The van der Waals surface area contributed by atoms with E-state index in [1.807, 2.05) is 6.92 Å². The van der Waals surface area contributed by atoms with Crippen LogP contribution in [0.3, 0.4) is 0 Å². The smallest absolute Gasteiger partial charge is 0.305 e. The first-order valence-corrected chi connectivity index (χ1v) is 5.63. The van der Waals surface area contributed by atoms with E-state index in [1.165, 1.54) is 0 Å². The Kier molecular flexibility index (Phi) is 4.36. The average Bonchev–Trinajstić information content (AvgIpc) is 2.62. The summed E-state index contributed by atoms with van der Waals surface area (Å²) in [4.78, 5) is 22.7. The first kappa shape index (κ1) is 12.6. The van der Waals surface area contributed by atoms with Crippen molar-refractivity contribution >= 4 is 23.4 Å². The zero-order valence-corrected chi connectivity index (χ0v) is 9.87. The minimum Gasteiger partial charge on any atom is -0.481 e. The predicted octanol–water partition coefficient (Wildman–Crippen LogP) is 0.830. The largest absolute Gasteiger partial charge is 0.481 e. The zero-order chi connectivity index (χ0) is 12.1. The molecule has 1 amide bonds. The van der Waals surface area contributed by atoms with Gasteiger partial charge in [0, 0.05) is 6.04 Å². The van der Waals surface area contributed by atoms with Crippen molar-refractivity contribution in [3.05, 3.63) is 10.6 Å². The van der Waals surface area contributed by atoms with Crippen LogP contribution in [0.1, 0.15) is 35.1 Å². The highest BCUT2D eigenvalue weighted by Gasteiger charge is 2.18. The lowest BCUT2D eigenvalue weighted by Gasteiger charge is -2.13.